The van der Waals surface area contributed by atoms with Gasteiger partial charge in [-0.15, -0.1) is 0 Å². The molecule has 1 aliphatic carbocycles. The lowest BCUT2D eigenvalue weighted by atomic mass is 9.79. The van der Waals surface area contributed by atoms with Gasteiger partial charge in [-0.3, -0.25) is 0 Å². The van der Waals surface area contributed by atoms with Crippen LogP contribution in [0.25, 0.3) is 0 Å². The molecule has 3 atom stereocenters. The molecule has 0 aromatic heterocycles. The molecule has 0 aliphatic heterocycles. The van der Waals surface area contributed by atoms with Crippen LogP contribution in [0.1, 0.15) is 39.5 Å². The zero-order valence-corrected chi connectivity index (χ0v) is 11.2. The van der Waals surface area contributed by atoms with Crippen LogP contribution in [0.3, 0.4) is 0 Å². The van der Waals surface area contributed by atoms with Crippen LogP contribution in [0, 0.1) is 0 Å². The summed E-state index contributed by atoms with van der Waals surface area (Å²) in [5, 5.41) is 22.9. The van der Waals surface area contributed by atoms with E-state index in [-0.39, 0.29) is 6.61 Å². The highest BCUT2D eigenvalue weighted by atomic mass is 32.2. The highest BCUT2D eigenvalue weighted by Crippen LogP contribution is 2.40. The average Bonchev–Trinajstić information content (AvgIpc) is 2.28. The quantitative estimate of drug-likeness (QED) is 0.606. The molecule has 3 unspecified atom stereocenters. The molecule has 1 fully saturated rings. The Morgan fingerprint density at radius 1 is 1.56 bits per heavy atom. The van der Waals surface area contributed by atoms with E-state index >= 15 is 0 Å². The van der Waals surface area contributed by atoms with Gasteiger partial charge >= 0.3 is 0 Å². The molecule has 0 aromatic rings. The molecule has 4 heteroatoms. The van der Waals surface area contributed by atoms with E-state index in [1.54, 1.807) is 0 Å². The Morgan fingerprint density at radius 2 is 2.31 bits per heavy atom. The van der Waals surface area contributed by atoms with E-state index in [0.717, 1.165) is 31.4 Å². The Kier molecular flexibility index (Phi) is 6.11. The lowest BCUT2D eigenvalue weighted by molar-refractivity contribution is -0.0251. The van der Waals surface area contributed by atoms with Gasteiger partial charge in [0.2, 0.25) is 0 Å². The molecule has 96 valence electrons. The molecule has 1 saturated carbocycles. The molecular weight excluding hydrogens is 222 g/mol. The summed E-state index contributed by atoms with van der Waals surface area (Å²) in [5.74, 6) is 1.08. The summed E-state index contributed by atoms with van der Waals surface area (Å²) < 4.78 is 0. The number of hydrogen-bond donors (Lipinski definition) is 3. The van der Waals surface area contributed by atoms with Crippen LogP contribution in [0.5, 0.6) is 0 Å². The number of hydrogen-bond acceptors (Lipinski definition) is 4. The first-order valence-electron chi connectivity index (χ1n) is 6.30. The van der Waals surface area contributed by atoms with Crippen LogP contribution >= 0.6 is 11.8 Å². The third kappa shape index (κ3) is 3.91. The first-order chi connectivity index (χ1) is 7.62. The molecule has 0 bridgehead atoms. The van der Waals surface area contributed by atoms with Gasteiger partial charge in [0.05, 0.1) is 5.60 Å². The zero-order chi connectivity index (χ0) is 12.0. The van der Waals surface area contributed by atoms with Gasteiger partial charge in [-0.2, -0.15) is 11.8 Å². The molecule has 0 spiro atoms. The fourth-order valence-electron chi connectivity index (χ4n) is 2.09. The lowest BCUT2D eigenvalue weighted by Crippen LogP contribution is -2.57. The van der Waals surface area contributed by atoms with E-state index in [1.807, 2.05) is 11.8 Å². The minimum absolute atomic E-state index is 0.255. The van der Waals surface area contributed by atoms with Crippen LogP contribution in [0.2, 0.25) is 0 Å². The standard InChI is InChI=1S/C12H25NO2S/c1-3-16-11-6-7-12(11,15)9-13-10(2)5-4-8-14/h10-11,13-15H,3-9H2,1-2H3. The number of aliphatic hydroxyl groups is 2. The van der Waals surface area contributed by atoms with Gasteiger partial charge in [-0.1, -0.05) is 6.92 Å². The Labute approximate surface area is 103 Å². The third-order valence-electron chi connectivity index (χ3n) is 3.36. The van der Waals surface area contributed by atoms with Crippen molar-refractivity contribution in [2.24, 2.45) is 0 Å². The monoisotopic (exact) mass is 247 g/mol. The van der Waals surface area contributed by atoms with Crippen LogP contribution in [-0.2, 0) is 0 Å². The van der Waals surface area contributed by atoms with Crippen molar-refractivity contribution in [3.8, 4) is 0 Å². The van der Waals surface area contributed by atoms with Gasteiger partial charge in [-0.25, -0.2) is 0 Å². The molecule has 1 aliphatic rings. The van der Waals surface area contributed by atoms with Crippen molar-refractivity contribution in [1.82, 2.24) is 5.32 Å². The third-order valence-corrected chi connectivity index (χ3v) is 4.77. The highest BCUT2D eigenvalue weighted by Gasteiger charge is 2.44. The predicted octanol–water partition coefficient (Wildman–Crippen LogP) is 1.38. The van der Waals surface area contributed by atoms with Crippen molar-refractivity contribution in [1.29, 1.82) is 0 Å². The summed E-state index contributed by atoms with van der Waals surface area (Å²) in [6, 6.07) is 0.379. The molecule has 0 heterocycles. The molecule has 16 heavy (non-hydrogen) atoms. The van der Waals surface area contributed by atoms with Crippen LogP contribution < -0.4 is 5.32 Å². The summed E-state index contributed by atoms with van der Waals surface area (Å²) >= 11 is 1.86. The summed E-state index contributed by atoms with van der Waals surface area (Å²) in [6.45, 7) is 5.20. The molecular formula is C12H25NO2S. The van der Waals surface area contributed by atoms with E-state index in [2.05, 4.69) is 19.2 Å². The molecule has 0 saturated heterocycles. The second-order valence-corrected chi connectivity index (χ2v) is 6.21. The van der Waals surface area contributed by atoms with Crippen molar-refractivity contribution < 1.29 is 10.2 Å². The smallest absolute Gasteiger partial charge is 0.0889 e. The summed E-state index contributed by atoms with van der Waals surface area (Å²) in [4.78, 5) is 0. The van der Waals surface area contributed by atoms with Crippen LogP contribution in [-0.4, -0.2) is 46.0 Å². The molecule has 3 N–H and O–H groups in total. The maximum absolute atomic E-state index is 10.3. The summed E-state index contributed by atoms with van der Waals surface area (Å²) in [5.41, 5.74) is -0.492. The maximum atomic E-state index is 10.3. The second-order valence-electron chi connectivity index (χ2n) is 4.73. The molecule has 0 aromatic carbocycles. The van der Waals surface area contributed by atoms with Crippen molar-refractivity contribution >= 4 is 11.8 Å². The molecule has 0 amide bonds. The predicted molar refractivity (Wildman–Crippen MR) is 69.9 cm³/mol. The fraction of sp³-hybridized carbons (Fsp3) is 1.00. The van der Waals surface area contributed by atoms with Crippen molar-refractivity contribution in [3.63, 3.8) is 0 Å². The second kappa shape index (κ2) is 6.84. The van der Waals surface area contributed by atoms with Crippen molar-refractivity contribution in [2.75, 3.05) is 18.9 Å². The summed E-state index contributed by atoms with van der Waals surface area (Å²) in [7, 11) is 0. The van der Waals surface area contributed by atoms with Crippen LogP contribution in [0.4, 0.5) is 0 Å². The number of thioether (sulfide) groups is 1. The molecule has 3 nitrogen and oxygen atoms in total. The molecule has 1 rings (SSSR count). The largest absolute Gasteiger partial charge is 0.396 e. The van der Waals surface area contributed by atoms with E-state index in [9.17, 15) is 5.11 Å². The minimum Gasteiger partial charge on any atom is -0.396 e. The minimum atomic E-state index is -0.492. The lowest BCUT2D eigenvalue weighted by Gasteiger charge is -2.45. The highest BCUT2D eigenvalue weighted by molar-refractivity contribution is 8.00. The molecule has 0 radical (unpaired) electrons. The Morgan fingerprint density at radius 3 is 2.81 bits per heavy atom. The Bertz CT molecular complexity index is 203. The number of aliphatic hydroxyl groups excluding tert-OH is 1. The Balaban J connectivity index is 2.20. The topological polar surface area (TPSA) is 52.5 Å². The first-order valence-corrected chi connectivity index (χ1v) is 7.35. The van der Waals surface area contributed by atoms with Gasteiger partial charge in [0.25, 0.3) is 0 Å². The van der Waals surface area contributed by atoms with Crippen LogP contribution in [0.15, 0.2) is 0 Å². The van der Waals surface area contributed by atoms with Gasteiger partial charge in [0.15, 0.2) is 0 Å². The van der Waals surface area contributed by atoms with Gasteiger partial charge in [0.1, 0.15) is 0 Å². The van der Waals surface area contributed by atoms with E-state index < -0.39 is 5.60 Å². The normalized spacial score (nSPS) is 31.1. The van der Waals surface area contributed by atoms with E-state index in [0.29, 0.717) is 17.8 Å². The zero-order valence-electron chi connectivity index (χ0n) is 10.4. The Hall–Kier alpha value is 0.230. The maximum Gasteiger partial charge on any atom is 0.0889 e. The average molecular weight is 247 g/mol. The van der Waals surface area contributed by atoms with Crippen molar-refractivity contribution in [2.45, 2.75) is 56.4 Å². The van der Waals surface area contributed by atoms with Gasteiger partial charge < -0.3 is 15.5 Å². The fourth-order valence-corrected chi connectivity index (χ4v) is 3.29. The van der Waals surface area contributed by atoms with E-state index in [4.69, 9.17) is 5.11 Å². The first kappa shape index (κ1) is 14.3. The number of nitrogens with one attached hydrogen (secondary N) is 1. The van der Waals surface area contributed by atoms with Gasteiger partial charge in [0, 0.05) is 24.4 Å². The van der Waals surface area contributed by atoms with Gasteiger partial charge in [-0.05, 0) is 38.4 Å². The number of rotatable bonds is 8. The van der Waals surface area contributed by atoms with Crippen molar-refractivity contribution in [3.05, 3.63) is 0 Å². The SMILES string of the molecule is CCSC1CCC1(O)CNC(C)CCCO. The summed E-state index contributed by atoms with van der Waals surface area (Å²) in [6.07, 6.45) is 3.87. The van der Waals surface area contributed by atoms with E-state index in [1.165, 1.54) is 0 Å².